The smallest absolute Gasteiger partial charge is 0.161 e. The molecule has 1 heterocycles. The number of Topliss-reactive ketones (excluding diaryl/α,β-unsaturated/α-hetero) is 2. The standard InChI is InChI=1S/C29H44O5/c1-7-20(31)21-14-17(2)29(34-21)15-24(33)28(6)19-8-9-22-25(3,18(19)10-13-27(28,29)5)12-11-23(32)26(22,4)16-30/h17,21-23,30,32H,7-16H2,1-6H3/t17-,21-,22+,23-,25+,26+,27-,28+,29-/m0/s1. The predicted octanol–water partition coefficient (Wildman–Crippen LogP) is 4.77. The summed E-state index contributed by atoms with van der Waals surface area (Å²) >= 11 is 0. The van der Waals surface area contributed by atoms with Gasteiger partial charge in [-0.2, -0.15) is 0 Å². The number of allylic oxidation sites excluding steroid dienone is 2. The molecule has 5 nitrogen and oxygen atoms in total. The highest BCUT2D eigenvalue weighted by Gasteiger charge is 2.75. The van der Waals surface area contributed by atoms with E-state index in [1.165, 1.54) is 11.1 Å². The van der Waals surface area contributed by atoms with Crippen molar-refractivity contribution < 1.29 is 24.5 Å². The van der Waals surface area contributed by atoms with Gasteiger partial charge in [0, 0.05) is 23.7 Å². The van der Waals surface area contributed by atoms with E-state index in [0.717, 1.165) is 32.1 Å². The summed E-state index contributed by atoms with van der Waals surface area (Å²) in [6.07, 6.45) is 5.85. The van der Waals surface area contributed by atoms with E-state index in [1.54, 1.807) is 0 Å². The molecule has 2 saturated carbocycles. The highest BCUT2D eigenvalue weighted by Crippen LogP contribution is 2.74. The first kappa shape index (κ1) is 24.6. The molecule has 0 radical (unpaired) electrons. The molecule has 1 spiro atoms. The Morgan fingerprint density at radius 1 is 1.09 bits per heavy atom. The SMILES string of the molecule is CCC(=O)[C@@H]1C[C@H](C)[C@]2(CC(=O)[C@@]3(C)C4=C(CC[C@@]32C)[C@@]2(C)CC[C@H](O)[C@](C)(CO)[C@@H]2CC4)O1. The second kappa shape index (κ2) is 7.49. The molecule has 0 unspecified atom stereocenters. The van der Waals surface area contributed by atoms with E-state index in [1.807, 2.05) is 6.92 Å². The van der Waals surface area contributed by atoms with Crippen molar-refractivity contribution in [3.8, 4) is 0 Å². The Balaban J connectivity index is 1.61. The fourth-order valence-corrected chi connectivity index (χ4v) is 9.82. The maximum atomic E-state index is 14.1. The van der Waals surface area contributed by atoms with Crippen molar-refractivity contribution in [2.75, 3.05) is 6.61 Å². The number of fused-ring (bicyclic) bond motifs is 5. The van der Waals surface area contributed by atoms with Gasteiger partial charge in [-0.3, -0.25) is 9.59 Å². The van der Waals surface area contributed by atoms with Crippen molar-refractivity contribution in [3.63, 3.8) is 0 Å². The van der Waals surface area contributed by atoms with Crippen LogP contribution in [0.25, 0.3) is 0 Å². The molecule has 9 atom stereocenters. The molecule has 1 aliphatic heterocycles. The highest BCUT2D eigenvalue weighted by atomic mass is 16.5. The Bertz CT molecular complexity index is 954. The van der Waals surface area contributed by atoms with Crippen LogP contribution in [0.4, 0.5) is 0 Å². The lowest BCUT2D eigenvalue weighted by Gasteiger charge is -2.62. The Morgan fingerprint density at radius 3 is 2.44 bits per heavy atom. The first-order valence-electron chi connectivity index (χ1n) is 13.6. The molecule has 0 amide bonds. The van der Waals surface area contributed by atoms with Gasteiger partial charge in [0.2, 0.25) is 0 Å². The molecule has 4 aliphatic carbocycles. The molecule has 1 saturated heterocycles. The zero-order valence-electron chi connectivity index (χ0n) is 22.0. The summed E-state index contributed by atoms with van der Waals surface area (Å²) in [5.74, 6) is 0.808. The number of ether oxygens (including phenoxy) is 1. The van der Waals surface area contributed by atoms with Gasteiger partial charge in [0.05, 0.1) is 23.7 Å². The molecule has 3 fully saturated rings. The Morgan fingerprint density at radius 2 is 1.79 bits per heavy atom. The molecule has 34 heavy (non-hydrogen) atoms. The predicted molar refractivity (Wildman–Crippen MR) is 130 cm³/mol. The minimum Gasteiger partial charge on any atom is -0.396 e. The largest absolute Gasteiger partial charge is 0.396 e. The van der Waals surface area contributed by atoms with Crippen molar-refractivity contribution in [2.24, 2.45) is 33.5 Å². The molecule has 190 valence electrons. The summed E-state index contributed by atoms with van der Waals surface area (Å²) in [6.45, 7) is 12.9. The van der Waals surface area contributed by atoms with Gasteiger partial charge < -0.3 is 14.9 Å². The lowest BCUT2D eigenvalue weighted by atomic mass is 9.42. The summed E-state index contributed by atoms with van der Waals surface area (Å²) in [7, 11) is 0. The number of carbonyl (C=O) groups excluding carboxylic acids is 2. The first-order valence-corrected chi connectivity index (χ1v) is 13.6. The van der Waals surface area contributed by atoms with Crippen molar-refractivity contribution in [3.05, 3.63) is 11.1 Å². The maximum Gasteiger partial charge on any atom is 0.161 e. The van der Waals surface area contributed by atoms with Crippen LogP contribution >= 0.6 is 0 Å². The molecule has 5 aliphatic rings. The molecule has 0 aromatic carbocycles. The van der Waals surface area contributed by atoms with Gasteiger partial charge in [-0.25, -0.2) is 0 Å². The molecule has 0 aromatic rings. The third-order valence-electron chi connectivity index (χ3n) is 12.3. The Kier molecular flexibility index (Phi) is 5.43. The van der Waals surface area contributed by atoms with E-state index in [-0.39, 0.29) is 46.9 Å². The van der Waals surface area contributed by atoms with Gasteiger partial charge in [0.25, 0.3) is 0 Å². The first-order chi connectivity index (χ1) is 15.9. The van der Waals surface area contributed by atoms with Crippen LogP contribution in [0, 0.1) is 33.5 Å². The monoisotopic (exact) mass is 472 g/mol. The van der Waals surface area contributed by atoms with Crippen LogP contribution in [0.2, 0.25) is 0 Å². The number of hydrogen-bond acceptors (Lipinski definition) is 5. The lowest BCUT2D eigenvalue weighted by Crippen LogP contribution is -2.59. The van der Waals surface area contributed by atoms with E-state index >= 15 is 0 Å². The third kappa shape index (κ3) is 2.62. The van der Waals surface area contributed by atoms with Crippen LogP contribution in [0.5, 0.6) is 0 Å². The number of carbonyl (C=O) groups is 2. The normalized spacial score (nSPS) is 52.5. The van der Waals surface area contributed by atoms with E-state index in [4.69, 9.17) is 4.74 Å². The lowest BCUT2D eigenvalue weighted by molar-refractivity contribution is -0.164. The van der Waals surface area contributed by atoms with Crippen LogP contribution in [0.15, 0.2) is 11.1 Å². The zero-order chi connectivity index (χ0) is 24.9. The number of aliphatic hydroxyl groups is 2. The molecule has 2 N–H and O–H groups in total. The van der Waals surface area contributed by atoms with Gasteiger partial charge in [0.1, 0.15) is 11.9 Å². The quantitative estimate of drug-likeness (QED) is 0.578. The minimum absolute atomic E-state index is 0.00768. The van der Waals surface area contributed by atoms with Crippen LogP contribution in [-0.4, -0.2) is 46.2 Å². The Hall–Kier alpha value is -1.04. The minimum atomic E-state index is -0.585. The van der Waals surface area contributed by atoms with Gasteiger partial charge in [-0.15, -0.1) is 0 Å². The second-order valence-corrected chi connectivity index (χ2v) is 13.2. The molecule has 0 aromatic heterocycles. The van der Waals surface area contributed by atoms with Crippen molar-refractivity contribution in [1.29, 1.82) is 0 Å². The summed E-state index contributed by atoms with van der Waals surface area (Å²) in [5.41, 5.74) is 0.631. The number of aliphatic hydroxyl groups excluding tert-OH is 2. The Labute approximate surface area is 204 Å². The van der Waals surface area contributed by atoms with Crippen LogP contribution < -0.4 is 0 Å². The van der Waals surface area contributed by atoms with Gasteiger partial charge >= 0.3 is 0 Å². The van der Waals surface area contributed by atoms with Crippen molar-refractivity contribution >= 4 is 11.6 Å². The van der Waals surface area contributed by atoms with Crippen LogP contribution in [0.3, 0.4) is 0 Å². The molecule has 5 heteroatoms. The maximum absolute atomic E-state index is 14.1. The summed E-state index contributed by atoms with van der Waals surface area (Å²) < 4.78 is 6.70. The summed E-state index contributed by atoms with van der Waals surface area (Å²) in [6, 6.07) is 0. The van der Waals surface area contributed by atoms with Crippen molar-refractivity contribution in [1.82, 2.24) is 0 Å². The van der Waals surface area contributed by atoms with Crippen LogP contribution in [0.1, 0.15) is 99.3 Å². The number of rotatable bonds is 3. The van der Waals surface area contributed by atoms with E-state index in [9.17, 15) is 19.8 Å². The van der Waals surface area contributed by atoms with E-state index in [0.29, 0.717) is 25.7 Å². The summed E-state index contributed by atoms with van der Waals surface area (Å²) in [5, 5.41) is 21.2. The average Bonchev–Trinajstić information content (AvgIpc) is 3.23. The fraction of sp³-hybridized carbons (Fsp3) is 0.862. The zero-order valence-corrected chi connectivity index (χ0v) is 22.0. The van der Waals surface area contributed by atoms with E-state index in [2.05, 4.69) is 34.6 Å². The third-order valence-corrected chi connectivity index (χ3v) is 12.3. The fourth-order valence-electron chi connectivity index (χ4n) is 9.82. The number of ketones is 2. The highest BCUT2D eigenvalue weighted by molar-refractivity contribution is 5.94. The average molecular weight is 473 g/mol. The number of hydrogen-bond donors (Lipinski definition) is 2. The topological polar surface area (TPSA) is 83.8 Å². The van der Waals surface area contributed by atoms with Crippen LogP contribution in [-0.2, 0) is 14.3 Å². The van der Waals surface area contributed by atoms with Gasteiger partial charge in [0.15, 0.2) is 5.78 Å². The van der Waals surface area contributed by atoms with E-state index < -0.39 is 22.5 Å². The molecular weight excluding hydrogens is 428 g/mol. The second-order valence-electron chi connectivity index (χ2n) is 13.2. The summed E-state index contributed by atoms with van der Waals surface area (Å²) in [4.78, 5) is 26.7. The van der Waals surface area contributed by atoms with Gasteiger partial charge in [-0.1, -0.05) is 45.8 Å². The molecule has 0 bridgehead atoms. The molecule has 5 rings (SSSR count). The van der Waals surface area contributed by atoms with Gasteiger partial charge in [-0.05, 0) is 69.1 Å². The van der Waals surface area contributed by atoms with Crippen molar-refractivity contribution in [2.45, 2.75) is 117 Å². The molecular formula is C29H44O5.